The van der Waals surface area contributed by atoms with Gasteiger partial charge in [0.2, 0.25) is 0 Å². The molecule has 25 heavy (non-hydrogen) atoms. The van der Waals surface area contributed by atoms with Crippen LogP contribution in [-0.4, -0.2) is 44.7 Å². The molecule has 0 radical (unpaired) electrons. The summed E-state index contributed by atoms with van der Waals surface area (Å²) in [4.78, 5) is 10.5. The maximum Gasteiger partial charge on any atom is 0.303 e. The van der Waals surface area contributed by atoms with Crippen molar-refractivity contribution in [2.24, 2.45) is 11.8 Å². The SMILES string of the molecule is CCCCC[C@@H](O)/C=C/[C@H]1[C@H](C/C=C\CCCC(=O)O)[C@H](O)C[C@H]1O. The number of allylic oxidation sites excluding steroid dienone is 2. The molecule has 0 aromatic heterocycles. The Labute approximate surface area is 151 Å². The van der Waals surface area contributed by atoms with Crippen molar-refractivity contribution in [3.63, 3.8) is 0 Å². The monoisotopic (exact) mass is 354 g/mol. The molecule has 0 spiro atoms. The third kappa shape index (κ3) is 8.66. The van der Waals surface area contributed by atoms with Gasteiger partial charge in [-0.05, 0) is 31.6 Å². The van der Waals surface area contributed by atoms with E-state index < -0.39 is 24.3 Å². The largest absolute Gasteiger partial charge is 0.481 e. The Balaban J connectivity index is 2.46. The second-order valence-electron chi connectivity index (χ2n) is 7.05. The van der Waals surface area contributed by atoms with Gasteiger partial charge in [-0.2, -0.15) is 0 Å². The standard InChI is InChI=1S/C20H34O5/c1-2-3-6-9-15(21)12-13-17-16(18(22)14-19(17)23)10-7-4-5-8-11-20(24)25/h4,7,12-13,15-19,21-23H,2-3,5-6,8-11,14H2,1H3,(H,24,25)/b7-4-,13-12+/t15-,16+,17+,18-,19-/m1/s1. The minimum Gasteiger partial charge on any atom is -0.481 e. The molecule has 5 nitrogen and oxygen atoms in total. The third-order valence-electron chi connectivity index (χ3n) is 4.91. The highest BCUT2D eigenvalue weighted by Crippen LogP contribution is 2.36. The summed E-state index contributed by atoms with van der Waals surface area (Å²) >= 11 is 0. The number of unbranched alkanes of at least 4 members (excludes halogenated alkanes) is 3. The molecule has 0 heterocycles. The van der Waals surface area contributed by atoms with Crippen LogP contribution in [0.3, 0.4) is 0 Å². The first-order valence-corrected chi connectivity index (χ1v) is 9.55. The zero-order chi connectivity index (χ0) is 18.7. The van der Waals surface area contributed by atoms with Crippen LogP contribution in [0.15, 0.2) is 24.3 Å². The first kappa shape index (κ1) is 21.9. The highest BCUT2D eigenvalue weighted by Gasteiger charge is 2.39. The van der Waals surface area contributed by atoms with Gasteiger partial charge in [0.25, 0.3) is 0 Å². The molecule has 5 atom stereocenters. The fraction of sp³-hybridized carbons (Fsp3) is 0.750. The molecule has 1 aliphatic carbocycles. The van der Waals surface area contributed by atoms with Crippen LogP contribution in [0, 0.1) is 11.8 Å². The van der Waals surface area contributed by atoms with Crippen LogP contribution >= 0.6 is 0 Å². The van der Waals surface area contributed by atoms with Crippen LogP contribution < -0.4 is 0 Å². The molecule has 0 saturated heterocycles. The van der Waals surface area contributed by atoms with Gasteiger partial charge in [0.05, 0.1) is 18.3 Å². The number of carbonyl (C=O) groups is 1. The van der Waals surface area contributed by atoms with Crippen LogP contribution in [0.4, 0.5) is 0 Å². The second-order valence-corrected chi connectivity index (χ2v) is 7.05. The molecule has 0 unspecified atom stereocenters. The van der Waals surface area contributed by atoms with Crippen molar-refractivity contribution in [2.45, 2.75) is 83.0 Å². The summed E-state index contributed by atoms with van der Waals surface area (Å²) in [5.74, 6) is -1.00. The number of aliphatic hydroxyl groups is 3. The maximum absolute atomic E-state index is 10.5. The molecule has 0 amide bonds. The van der Waals surface area contributed by atoms with Crippen LogP contribution in [-0.2, 0) is 4.79 Å². The lowest BCUT2D eigenvalue weighted by atomic mass is 9.89. The topological polar surface area (TPSA) is 98.0 Å². The van der Waals surface area contributed by atoms with Crippen molar-refractivity contribution in [3.05, 3.63) is 24.3 Å². The van der Waals surface area contributed by atoms with E-state index in [1.165, 1.54) is 0 Å². The summed E-state index contributed by atoms with van der Waals surface area (Å²) in [6.07, 6.45) is 12.3. The summed E-state index contributed by atoms with van der Waals surface area (Å²) in [6, 6.07) is 0. The molecule has 0 aliphatic heterocycles. The van der Waals surface area contributed by atoms with Gasteiger partial charge in [-0.3, -0.25) is 4.79 Å². The Hall–Kier alpha value is -1.17. The Morgan fingerprint density at radius 3 is 2.60 bits per heavy atom. The molecular weight excluding hydrogens is 320 g/mol. The lowest BCUT2D eigenvalue weighted by Crippen LogP contribution is -2.20. The molecule has 0 bridgehead atoms. The molecule has 0 aromatic carbocycles. The minimum atomic E-state index is -0.787. The fourth-order valence-corrected chi connectivity index (χ4v) is 3.41. The van der Waals surface area contributed by atoms with E-state index in [1.807, 2.05) is 18.2 Å². The van der Waals surface area contributed by atoms with Gasteiger partial charge in [0.1, 0.15) is 0 Å². The van der Waals surface area contributed by atoms with Crippen LogP contribution in [0.2, 0.25) is 0 Å². The molecule has 1 aliphatic rings. The molecule has 0 aromatic rings. The predicted molar refractivity (Wildman–Crippen MR) is 98.1 cm³/mol. The molecule has 1 rings (SSSR count). The number of hydrogen-bond acceptors (Lipinski definition) is 4. The summed E-state index contributed by atoms with van der Waals surface area (Å²) < 4.78 is 0. The Morgan fingerprint density at radius 1 is 1.16 bits per heavy atom. The van der Waals surface area contributed by atoms with E-state index in [9.17, 15) is 20.1 Å². The Bertz CT molecular complexity index is 432. The van der Waals surface area contributed by atoms with Gasteiger partial charge >= 0.3 is 5.97 Å². The fourth-order valence-electron chi connectivity index (χ4n) is 3.41. The van der Waals surface area contributed by atoms with Crippen LogP contribution in [0.1, 0.15) is 64.7 Å². The number of carboxylic acid groups (broad SMARTS) is 1. The van der Waals surface area contributed by atoms with E-state index in [1.54, 1.807) is 6.08 Å². The average molecular weight is 354 g/mol. The van der Waals surface area contributed by atoms with E-state index in [-0.39, 0.29) is 18.3 Å². The summed E-state index contributed by atoms with van der Waals surface area (Å²) in [7, 11) is 0. The van der Waals surface area contributed by atoms with Crippen molar-refractivity contribution >= 4 is 5.97 Å². The van der Waals surface area contributed by atoms with Crippen molar-refractivity contribution < 1.29 is 25.2 Å². The van der Waals surface area contributed by atoms with Gasteiger partial charge in [-0.25, -0.2) is 0 Å². The molecule has 5 heteroatoms. The Morgan fingerprint density at radius 2 is 1.92 bits per heavy atom. The molecular formula is C20H34O5. The summed E-state index contributed by atoms with van der Waals surface area (Å²) in [6.45, 7) is 2.12. The van der Waals surface area contributed by atoms with Gasteiger partial charge in [-0.15, -0.1) is 0 Å². The summed E-state index contributed by atoms with van der Waals surface area (Å²) in [5.41, 5.74) is 0. The lowest BCUT2D eigenvalue weighted by molar-refractivity contribution is -0.137. The zero-order valence-corrected chi connectivity index (χ0v) is 15.3. The third-order valence-corrected chi connectivity index (χ3v) is 4.91. The van der Waals surface area contributed by atoms with Crippen molar-refractivity contribution in [1.29, 1.82) is 0 Å². The van der Waals surface area contributed by atoms with E-state index in [2.05, 4.69) is 6.92 Å². The van der Waals surface area contributed by atoms with Crippen molar-refractivity contribution in [2.75, 3.05) is 0 Å². The number of carboxylic acids is 1. The highest BCUT2D eigenvalue weighted by molar-refractivity contribution is 5.66. The minimum absolute atomic E-state index is 0.0650. The smallest absolute Gasteiger partial charge is 0.303 e. The Kier molecular flexibility index (Phi) is 10.7. The molecule has 4 N–H and O–H groups in total. The molecule has 1 fully saturated rings. The average Bonchev–Trinajstić information content (AvgIpc) is 2.82. The van der Waals surface area contributed by atoms with Gasteiger partial charge in [0, 0.05) is 18.8 Å². The van der Waals surface area contributed by atoms with Crippen molar-refractivity contribution in [3.8, 4) is 0 Å². The van der Waals surface area contributed by atoms with Gasteiger partial charge in [-0.1, -0.05) is 50.5 Å². The van der Waals surface area contributed by atoms with E-state index in [0.717, 1.165) is 25.7 Å². The number of aliphatic carboxylic acids is 1. The van der Waals surface area contributed by atoms with Gasteiger partial charge < -0.3 is 20.4 Å². The predicted octanol–water partition coefficient (Wildman–Crippen LogP) is 3.04. The normalized spacial score (nSPS) is 28.2. The van der Waals surface area contributed by atoms with Crippen LogP contribution in [0.5, 0.6) is 0 Å². The van der Waals surface area contributed by atoms with E-state index in [4.69, 9.17) is 5.11 Å². The number of rotatable bonds is 12. The molecule has 144 valence electrons. The molecule has 1 saturated carbocycles. The lowest BCUT2D eigenvalue weighted by Gasteiger charge is -2.19. The van der Waals surface area contributed by atoms with Crippen molar-refractivity contribution in [1.82, 2.24) is 0 Å². The van der Waals surface area contributed by atoms with E-state index in [0.29, 0.717) is 25.7 Å². The number of hydrogen-bond donors (Lipinski definition) is 4. The number of aliphatic hydroxyl groups excluding tert-OH is 3. The zero-order valence-electron chi connectivity index (χ0n) is 15.3. The highest BCUT2D eigenvalue weighted by atomic mass is 16.4. The van der Waals surface area contributed by atoms with Crippen LogP contribution in [0.25, 0.3) is 0 Å². The van der Waals surface area contributed by atoms with E-state index >= 15 is 0 Å². The van der Waals surface area contributed by atoms with Gasteiger partial charge in [0.15, 0.2) is 0 Å². The first-order valence-electron chi connectivity index (χ1n) is 9.55. The second kappa shape index (κ2) is 12.2. The maximum atomic E-state index is 10.5. The quantitative estimate of drug-likeness (QED) is 0.319. The first-order chi connectivity index (χ1) is 12.0. The summed E-state index contributed by atoms with van der Waals surface area (Å²) in [5, 5.41) is 39.0.